The summed E-state index contributed by atoms with van der Waals surface area (Å²) < 4.78 is 0. The van der Waals surface area contributed by atoms with Crippen LogP contribution in [0.1, 0.15) is 40.0 Å². The molecule has 2 nitrogen and oxygen atoms in total. The van der Waals surface area contributed by atoms with Gasteiger partial charge in [-0.1, -0.05) is 37.1 Å². The number of allylic oxidation sites excluding steroid dienone is 5. The molecule has 4 N–H and O–H groups in total. The maximum absolute atomic E-state index is 5.90. The van der Waals surface area contributed by atoms with Crippen molar-refractivity contribution in [2.75, 3.05) is 6.54 Å². The molecule has 15 heavy (non-hydrogen) atoms. The highest BCUT2D eigenvalue weighted by atomic mass is 14.6. The van der Waals surface area contributed by atoms with Gasteiger partial charge in [-0.05, 0) is 25.8 Å². The molecule has 0 atom stereocenters. The average molecular weight is 208 g/mol. The first-order valence-electron chi connectivity index (χ1n) is 5.63. The lowest BCUT2D eigenvalue weighted by atomic mass is 10.1. The Morgan fingerprint density at radius 3 is 2.33 bits per heavy atom. The van der Waals surface area contributed by atoms with Crippen molar-refractivity contribution in [3.63, 3.8) is 0 Å². The first-order chi connectivity index (χ1) is 7.13. The van der Waals surface area contributed by atoms with Crippen molar-refractivity contribution >= 4 is 0 Å². The Labute approximate surface area is 93.7 Å². The first kappa shape index (κ1) is 14.0. The van der Waals surface area contributed by atoms with Crippen LogP contribution >= 0.6 is 0 Å². The number of rotatable bonds is 6. The molecule has 0 aliphatic rings. The summed E-state index contributed by atoms with van der Waals surface area (Å²) in [5.74, 6) is 0. The Kier molecular flexibility index (Phi) is 7.74. The summed E-state index contributed by atoms with van der Waals surface area (Å²) in [5, 5.41) is 0. The van der Waals surface area contributed by atoms with Gasteiger partial charge in [0.1, 0.15) is 0 Å². The van der Waals surface area contributed by atoms with Crippen LogP contribution in [0.3, 0.4) is 0 Å². The Balaban J connectivity index is 4.34. The van der Waals surface area contributed by atoms with Gasteiger partial charge in [-0.15, -0.1) is 0 Å². The Morgan fingerprint density at radius 1 is 1.20 bits per heavy atom. The van der Waals surface area contributed by atoms with Crippen molar-refractivity contribution in [3.8, 4) is 0 Å². The fourth-order valence-electron chi connectivity index (χ4n) is 1.20. The van der Waals surface area contributed by atoms with Crippen molar-refractivity contribution in [1.82, 2.24) is 0 Å². The Morgan fingerprint density at radius 2 is 1.87 bits per heavy atom. The van der Waals surface area contributed by atoms with E-state index in [0.717, 1.165) is 25.0 Å². The van der Waals surface area contributed by atoms with E-state index in [1.165, 1.54) is 11.1 Å². The second-order valence-electron chi connectivity index (χ2n) is 3.76. The molecular formula is C13H24N2. The van der Waals surface area contributed by atoms with Crippen LogP contribution < -0.4 is 11.5 Å². The van der Waals surface area contributed by atoms with Gasteiger partial charge >= 0.3 is 0 Å². The standard InChI is InChI=1S/C13H24N2/c1-4-6-12(10-14)9-13(15)8-7-11(3)5-2/h6-8H,4-5,9-10,14-15H2,1-3H3/b11-7+,12-6+,13-8+. The van der Waals surface area contributed by atoms with Crippen LogP contribution in [-0.4, -0.2) is 6.54 Å². The molecule has 0 bridgehead atoms. The van der Waals surface area contributed by atoms with Crippen LogP contribution in [0.25, 0.3) is 0 Å². The molecule has 0 saturated heterocycles. The van der Waals surface area contributed by atoms with E-state index in [4.69, 9.17) is 11.5 Å². The second kappa shape index (κ2) is 8.30. The predicted molar refractivity (Wildman–Crippen MR) is 68.4 cm³/mol. The lowest BCUT2D eigenvalue weighted by Gasteiger charge is -2.04. The topological polar surface area (TPSA) is 52.0 Å². The zero-order valence-corrected chi connectivity index (χ0v) is 10.2. The smallest absolute Gasteiger partial charge is 0.0140 e. The SMILES string of the molecule is CC/C=C(/CN)C/C(N)=C\C=C(/C)CC. The third kappa shape index (κ3) is 6.97. The van der Waals surface area contributed by atoms with Crippen LogP contribution in [0.4, 0.5) is 0 Å². The molecule has 0 aromatic rings. The molecule has 0 spiro atoms. The zero-order chi connectivity index (χ0) is 11.7. The van der Waals surface area contributed by atoms with Crippen molar-refractivity contribution in [2.24, 2.45) is 11.5 Å². The van der Waals surface area contributed by atoms with E-state index in [-0.39, 0.29) is 0 Å². The molecule has 0 amide bonds. The molecule has 2 heteroatoms. The maximum atomic E-state index is 5.90. The second-order valence-corrected chi connectivity index (χ2v) is 3.76. The van der Waals surface area contributed by atoms with Crippen molar-refractivity contribution in [1.29, 1.82) is 0 Å². The molecular weight excluding hydrogens is 184 g/mol. The van der Waals surface area contributed by atoms with Crippen molar-refractivity contribution < 1.29 is 0 Å². The van der Waals surface area contributed by atoms with E-state index in [0.29, 0.717) is 6.54 Å². The molecule has 0 aliphatic carbocycles. The van der Waals surface area contributed by atoms with E-state index in [2.05, 4.69) is 32.9 Å². The fourth-order valence-corrected chi connectivity index (χ4v) is 1.20. The average Bonchev–Trinajstić information content (AvgIpc) is 2.25. The monoisotopic (exact) mass is 208 g/mol. The van der Waals surface area contributed by atoms with Crippen LogP contribution in [0.5, 0.6) is 0 Å². The van der Waals surface area contributed by atoms with E-state index in [1.807, 2.05) is 6.08 Å². The van der Waals surface area contributed by atoms with Crippen molar-refractivity contribution in [3.05, 3.63) is 35.1 Å². The predicted octanol–water partition coefficient (Wildman–Crippen LogP) is 2.87. The molecule has 0 aliphatic heterocycles. The number of hydrogen-bond donors (Lipinski definition) is 2. The molecule has 0 heterocycles. The van der Waals surface area contributed by atoms with E-state index in [1.54, 1.807) is 0 Å². The third-order valence-electron chi connectivity index (χ3n) is 2.33. The van der Waals surface area contributed by atoms with Gasteiger partial charge in [-0.25, -0.2) is 0 Å². The summed E-state index contributed by atoms with van der Waals surface area (Å²) in [7, 11) is 0. The Bertz CT molecular complexity index is 260. The summed E-state index contributed by atoms with van der Waals surface area (Å²) >= 11 is 0. The van der Waals surface area contributed by atoms with Crippen LogP contribution in [0.15, 0.2) is 35.1 Å². The minimum absolute atomic E-state index is 0.596. The summed E-state index contributed by atoms with van der Waals surface area (Å²) in [6.07, 6.45) is 9.09. The third-order valence-corrected chi connectivity index (χ3v) is 2.33. The summed E-state index contributed by atoms with van der Waals surface area (Å²) in [5.41, 5.74) is 15.0. The van der Waals surface area contributed by atoms with Crippen LogP contribution in [-0.2, 0) is 0 Å². The van der Waals surface area contributed by atoms with Crippen molar-refractivity contribution in [2.45, 2.75) is 40.0 Å². The quantitative estimate of drug-likeness (QED) is 0.521. The van der Waals surface area contributed by atoms with Gasteiger partial charge in [0.25, 0.3) is 0 Å². The summed E-state index contributed by atoms with van der Waals surface area (Å²) in [4.78, 5) is 0. The summed E-state index contributed by atoms with van der Waals surface area (Å²) in [6.45, 7) is 6.95. The molecule has 0 aromatic carbocycles. The lowest BCUT2D eigenvalue weighted by Crippen LogP contribution is -2.07. The fraction of sp³-hybridized carbons (Fsp3) is 0.538. The first-order valence-corrected chi connectivity index (χ1v) is 5.63. The minimum atomic E-state index is 0.596. The highest BCUT2D eigenvalue weighted by Crippen LogP contribution is 2.07. The zero-order valence-electron chi connectivity index (χ0n) is 10.2. The maximum Gasteiger partial charge on any atom is 0.0140 e. The van der Waals surface area contributed by atoms with Gasteiger partial charge in [0, 0.05) is 18.7 Å². The number of nitrogens with two attached hydrogens (primary N) is 2. The molecule has 86 valence electrons. The van der Waals surface area contributed by atoms with Crippen LogP contribution in [0.2, 0.25) is 0 Å². The minimum Gasteiger partial charge on any atom is -0.402 e. The molecule has 0 radical (unpaired) electrons. The van der Waals surface area contributed by atoms with E-state index >= 15 is 0 Å². The van der Waals surface area contributed by atoms with Gasteiger partial charge in [0.05, 0.1) is 0 Å². The van der Waals surface area contributed by atoms with Gasteiger partial charge < -0.3 is 11.5 Å². The molecule has 0 unspecified atom stereocenters. The van der Waals surface area contributed by atoms with Gasteiger partial charge in [0.2, 0.25) is 0 Å². The van der Waals surface area contributed by atoms with Gasteiger partial charge in [-0.2, -0.15) is 0 Å². The number of hydrogen-bond acceptors (Lipinski definition) is 2. The Hall–Kier alpha value is -1.02. The largest absolute Gasteiger partial charge is 0.402 e. The molecule has 0 saturated carbocycles. The van der Waals surface area contributed by atoms with Gasteiger partial charge in [-0.3, -0.25) is 0 Å². The van der Waals surface area contributed by atoms with Gasteiger partial charge in [0.15, 0.2) is 0 Å². The molecule has 0 rings (SSSR count). The summed E-state index contributed by atoms with van der Waals surface area (Å²) in [6, 6.07) is 0. The normalized spacial score (nSPS) is 14.5. The highest BCUT2D eigenvalue weighted by molar-refractivity contribution is 5.20. The highest BCUT2D eigenvalue weighted by Gasteiger charge is 1.95. The molecule has 0 aromatic heterocycles. The van der Waals surface area contributed by atoms with E-state index < -0.39 is 0 Å². The van der Waals surface area contributed by atoms with Crippen LogP contribution in [0, 0.1) is 0 Å². The molecule has 0 fully saturated rings. The lowest BCUT2D eigenvalue weighted by molar-refractivity contribution is 0.980. The van der Waals surface area contributed by atoms with E-state index in [9.17, 15) is 0 Å².